The third-order valence-corrected chi connectivity index (χ3v) is 4.27. The first kappa shape index (κ1) is 20.3. The summed E-state index contributed by atoms with van der Waals surface area (Å²) in [6.45, 7) is 9.56. The summed E-state index contributed by atoms with van der Waals surface area (Å²) in [6.07, 6.45) is 11.8. The van der Waals surface area contributed by atoms with Crippen molar-refractivity contribution in [2.45, 2.75) is 97.4 Å². The lowest BCUT2D eigenvalue weighted by molar-refractivity contribution is -0.206. The van der Waals surface area contributed by atoms with Crippen LogP contribution in [0.1, 0.15) is 85.5 Å². The highest BCUT2D eigenvalue weighted by Crippen LogP contribution is 2.33. The van der Waals surface area contributed by atoms with Gasteiger partial charge in [0.15, 0.2) is 6.29 Å². The van der Waals surface area contributed by atoms with E-state index < -0.39 is 0 Å². The molecule has 0 aromatic rings. The molecule has 0 aliphatic carbocycles. The minimum absolute atomic E-state index is 0.0401. The highest BCUT2D eigenvalue weighted by atomic mass is 31.0. The van der Waals surface area contributed by atoms with E-state index in [-0.39, 0.29) is 11.9 Å². The van der Waals surface area contributed by atoms with Gasteiger partial charge in [0.1, 0.15) is 0 Å². The normalized spacial score (nSPS) is 13.7. The zero-order chi connectivity index (χ0) is 15.3. The van der Waals surface area contributed by atoms with Gasteiger partial charge in [-0.3, -0.25) is 0 Å². The Hall–Kier alpha value is 0.350. The molecule has 0 spiro atoms. The van der Waals surface area contributed by atoms with Crippen LogP contribution in [0.15, 0.2) is 0 Å². The standard InChI is InChI=1S/C17H37O2P/c1-5-9-12-17(13-10-6-2,14-11-7-3)19-16(15-20)18-8-4/h16H,5-15,20H2,1-4H3. The van der Waals surface area contributed by atoms with Crippen LogP contribution < -0.4 is 0 Å². The molecule has 0 aliphatic rings. The maximum Gasteiger partial charge on any atom is 0.161 e. The van der Waals surface area contributed by atoms with Crippen LogP contribution in [0.2, 0.25) is 0 Å². The van der Waals surface area contributed by atoms with Gasteiger partial charge in [-0.1, -0.05) is 59.3 Å². The number of unbranched alkanes of at least 4 members (excludes halogenated alkanes) is 3. The van der Waals surface area contributed by atoms with Gasteiger partial charge in [0.25, 0.3) is 0 Å². The van der Waals surface area contributed by atoms with Crippen molar-refractivity contribution in [2.24, 2.45) is 0 Å². The predicted octanol–water partition coefficient (Wildman–Crippen LogP) is 5.55. The van der Waals surface area contributed by atoms with Crippen molar-refractivity contribution in [3.63, 3.8) is 0 Å². The van der Waals surface area contributed by atoms with Gasteiger partial charge in [0.2, 0.25) is 0 Å². The molecule has 0 N–H and O–H groups in total. The van der Waals surface area contributed by atoms with E-state index in [0.717, 1.165) is 12.8 Å². The molecular weight excluding hydrogens is 267 g/mol. The Morgan fingerprint density at radius 1 is 0.850 bits per heavy atom. The quantitative estimate of drug-likeness (QED) is 0.309. The number of rotatable bonds is 14. The monoisotopic (exact) mass is 304 g/mol. The SMILES string of the molecule is CCCCC(CCCC)(CCCC)OC(CP)OCC. The molecule has 0 radical (unpaired) electrons. The molecule has 2 unspecified atom stereocenters. The third kappa shape index (κ3) is 8.60. The number of hydrogen-bond acceptors (Lipinski definition) is 2. The van der Waals surface area contributed by atoms with Crippen molar-refractivity contribution in [3.05, 3.63) is 0 Å². The Labute approximate surface area is 129 Å². The van der Waals surface area contributed by atoms with E-state index in [1.807, 2.05) is 6.92 Å². The van der Waals surface area contributed by atoms with E-state index in [1.54, 1.807) is 0 Å². The Morgan fingerprint density at radius 2 is 1.30 bits per heavy atom. The molecule has 2 atom stereocenters. The maximum absolute atomic E-state index is 6.49. The average Bonchev–Trinajstić information content (AvgIpc) is 2.48. The van der Waals surface area contributed by atoms with Crippen LogP contribution in [0, 0.1) is 0 Å². The van der Waals surface area contributed by atoms with E-state index in [0.29, 0.717) is 0 Å². The van der Waals surface area contributed by atoms with Crippen LogP contribution in [0.25, 0.3) is 0 Å². The first-order valence-corrected chi connectivity index (χ1v) is 9.49. The van der Waals surface area contributed by atoms with E-state index in [4.69, 9.17) is 9.47 Å². The Bertz CT molecular complexity index is 187. The lowest BCUT2D eigenvalue weighted by Crippen LogP contribution is -2.39. The lowest BCUT2D eigenvalue weighted by atomic mass is 9.85. The van der Waals surface area contributed by atoms with Crippen molar-refractivity contribution >= 4 is 9.24 Å². The number of hydrogen-bond donors (Lipinski definition) is 0. The summed E-state index contributed by atoms with van der Waals surface area (Å²) in [6, 6.07) is 0. The maximum atomic E-state index is 6.49. The molecule has 0 fully saturated rings. The summed E-state index contributed by atoms with van der Waals surface area (Å²) in [7, 11) is 2.76. The van der Waals surface area contributed by atoms with Crippen molar-refractivity contribution in [3.8, 4) is 0 Å². The summed E-state index contributed by atoms with van der Waals surface area (Å²) < 4.78 is 12.2. The molecule has 0 aliphatic heterocycles. The highest BCUT2D eigenvalue weighted by Gasteiger charge is 2.32. The zero-order valence-corrected chi connectivity index (χ0v) is 15.4. The molecule has 3 heteroatoms. The van der Waals surface area contributed by atoms with Gasteiger partial charge in [-0.05, 0) is 26.2 Å². The van der Waals surface area contributed by atoms with Crippen LogP contribution in [-0.2, 0) is 9.47 Å². The van der Waals surface area contributed by atoms with E-state index in [2.05, 4.69) is 30.0 Å². The highest BCUT2D eigenvalue weighted by molar-refractivity contribution is 7.16. The van der Waals surface area contributed by atoms with E-state index in [9.17, 15) is 0 Å². The van der Waals surface area contributed by atoms with Crippen molar-refractivity contribution in [2.75, 3.05) is 12.8 Å². The van der Waals surface area contributed by atoms with Gasteiger partial charge < -0.3 is 9.47 Å². The molecule has 0 rings (SSSR count). The first-order valence-electron chi connectivity index (χ1n) is 8.67. The molecule has 0 saturated heterocycles. The topological polar surface area (TPSA) is 18.5 Å². The summed E-state index contributed by atoms with van der Waals surface area (Å²) in [5, 5.41) is 0. The average molecular weight is 304 g/mol. The fourth-order valence-corrected chi connectivity index (χ4v) is 2.90. The Kier molecular flexibility index (Phi) is 13.3. The van der Waals surface area contributed by atoms with Crippen LogP contribution in [0.5, 0.6) is 0 Å². The van der Waals surface area contributed by atoms with Crippen LogP contribution in [0.3, 0.4) is 0 Å². The van der Waals surface area contributed by atoms with Gasteiger partial charge in [-0.25, -0.2) is 0 Å². The van der Waals surface area contributed by atoms with Crippen LogP contribution in [0.4, 0.5) is 0 Å². The van der Waals surface area contributed by atoms with Gasteiger partial charge in [-0.15, -0.1) is 9.24 Å². The molecule has 20 heavy (non-hydrogen) atoms. The summed E-state index contributed by atoms with van der Waals surface area (Å²) in [4.78, 5) is 0. The largest absolute Gasteiger partial charge is 0.353 e. The van der Waals surface area contributed by atoms with Gasteiger partial charge in [-0.2, -0.15) is 0 Å². The smallest absolute Gasteiger partial charge is 0.161 e. The summed E-state index contributed by atoms with van der Waals surface area (Å²) >= 11 is 0. The first-order chi connectivity index (χ1) is 9.67. The molecule has 0 heterocycles. The van der Waals surface area contributed by atoms with Crippen molar-refractivity contribution in [1.82, 2.24) is 0 Å². The van der Waals surface area contributed by atoms with Gasteiger partial charge >= 0.3 is 0 Å². The van der Waals surface area contributed by atoms with Crippen molar-refractivity contribution < 1.29 is 9.47 Å². The van der Waals surface area contributed by atoms with E-state index in [1.165, 1.54) is 57.8 Å². The molecule has 0 bridgehead atoms. The summed E-state index contributed by atoms with van der Waals surface area (Å²) in [5.74, 6) is 0. The van der Waals surface area contributed by atoms with Gasteiger partial charge in [0.05, 0.1) is 5.60 Å². The minimum Gasteiger partial charge on any atom is -0.353 e. The molecule has 0 aromatic carbocycles. The molecule has 0 aromatic heterocycles. The number of ether oxygens (including phenoxy) is 2. The van der Waals surface area contributed by atoms with Crippen LogP contribution >= 0.6 is 9.24 Å². The lowest BCUT2D eigenvalue weighted by Gasteiger charge is -2.37. The molecule has 0 saturated carbocycles. The molecule has 122 valence electrons. The van der Waals surface area contributed by atoms with Gasteiger partial charge in [0, 0.05) is 12.8 Å². The van der Waals surface area contributed by atoms with Crippen LogP contribution in [-0.4, -0.2) is 24.7 Å². The second kappa shape index (κ2) is 13.0. The molecular formula is C17H37O2P. The predicted molar refractivity (Wildman–Crippen MR) is 92.4 cm³/mol. The van der Waals surface area contributed by atoms with E-state index >= 15 is 0 Å². The molecule has 2 nitrogen and oxygen atoms in total. The zero-order valence-electron chi connectivity index (χ0n) is 14.2. The third-order valence-electron chi connectivity index (χ3n) is 3.88. The second-order valence-electron chi connectivity index (χ2n) is 5.73. The van der Waals surface area contributed by atoms with Crippen molar-refractivity contribution in [1.29, 1.82) is 0 Å². The summed E-state index contributed by atoms with van der Waals surface area (Å²) in [5.41, 5.74) is 0.0401. The Balaban J connectivity index is 4.80. The fraction of sp³-hybridized carbons (Fsp3) is 1.00. The Morgan fingerprint density at radius 3 is 1.60 bits per heavy atom. The fourth-order valence-electron chi connectivity index (χ4n) is 2.66. The minimum atomic E-state index is -0.0597. The molecule has 0 amide bonds. The second-order valence-corrected chi connectivity index (χ2v) is 6.20.